The molecule has 0 amide bonds. The molecule has 0 aliphatic carbocycles. The maximum Gasteiger partial charge on any atom is 1.00 e. The number of allylic oxidation sites excluding steroid dienone is 1. The maximum absolute atomic E-state index is 11.9. The number of ketones is 1. The van der Waals surface area contributed by atoms with Crippen LogP contribution in [0.2, 0.25) is 0 Å². The fourth-order valence-corrected chi connectivity index (χ4v) is 1.82. The van der Waals surface area contributed by atoms with Crippen molar-refractivity contribution >= 4 is 11.8 Å². The van der Waals surface area contributed by atoms with E-state index in [1.54, 1.807) is 11.5 Å². The fourth-order valence-electron chi connectivity index (χ4n) is 1.82. The molecule has 0 spiro atoms. The van der Waals surface area contributed by atoms with Crippen LogP contribution in [-0.2, 0) is 16.1 Å². The van der Waals surface area contributed by atoms with Gasteiger partial charge >= 0.3 is 24.8 Å². The number of hydrogen-bond donors (Lipinski definition) is 0. The number of carbonyl (C=O) groups excluding carboxylic acids is 2. The van der Waals surface area contributed by atoms with Crippen LogP contribution >= 0.6 is 0 Å². The largest absolute Gasteiger partial charge is 1.00 e. The minimum absolute atomic E-state index is 0. The number of hydrogen-bond acceptors (Lipinski definition) is 5. The molecule has 0 fully saturated rings. The predicted octanol–water partition coefficient (Wildman–Crippen LogP) is -2.07. The van der Waals surface area contributed by atoms with Crippen molar-refractivity contribution in [1.29, 1.82) is 0 Å². The Morgan fingerprint density at radius 1 is 1.30 bits per heavy atom. The van der Waals surface area contributed by atoms with E-state index in [0.717, 1.165) is 5.56 Å². The second-order valence-corrected chi connectivity index (χ2v) is 4.51. The SMILES string of the molecule is CCOC(=O)/C([O-])=C/C(=O)c1cn(Cc2ccccc2)cn1.[Li+]. The topological polar surface area (TPSA) is 84.3 Å². The number of imidazole rings is 1. The van der Waals surface area contributed by atoms with Crippen LogP contribution < -0.4 is 24.0 Å². The summed E-state index contributed by atoms with van der Waals surface area (Å²) in [6, 6.07) is 9.67. The van der Waals surface area contributed by atoms with E-state index in [1.165, 1.54) is 12.5 Å². The van der Waals surface area contributed by atoms with Crippen molar-refractivity contribution in [3.63, 3.8) is 0 Å². The van der Waals surface area contributed by atoms with Crippen LogP contribution in [0.3, 0.4) is 0 Å². The second kappa shape index (κ2) is 8.98. The molecule has 0 unspecified atom stereocenters. The molecule has 0 N–H and O–H groups in total. The summed E-state index contributed by atoms with van der Waals surface area (Å²) >= 11 is 0. The molecule has 0 bridgehead atoms. The number of carbonyl (C=O) groups is 2. The molecule has 2 aromatic rings. The molecule has 0 aliphatic heterocycles. The molecule has 2 rings (SSSR count). The van der Waals surface area contributed by atoms with E-state index in [2.05, 4.69) is 9.72 Å². The zero-order valence-electron chi connectivity index (χ0n) is 13.1. The molecular formula is C16H15LiN2O4. The molecule has 0 atom stereocenters. The number of benzene rings is 1. The molecule has 6 nitrogen and oxygen atoms in total. The Labute approximate surface area is 146 Å². The molecular weight excluding hydrogens is 291 g/mol. The molecule has 0 radical (unpaired) electrons. The standard InChI is InChI=1S/C16H16N2O4.Li/c1-2-22-16(21)15(20)8-14(19)13-10-18(11-17-13)9-12-6-4-3-5-7-12;/h3-8,10-11,20H,2,9H2,1H3;/q;+1/p-1/b15-8-;. The van der Waals surface area contributed by atoms with Crippen molar-refractivity contribution in [1.82, 2.24) is 9.55 Å². The summed E-state index contributed by atoms with van der Waals surface area (Å²) in [6.07, 6.45) is 3.74. The first kappa shape index (κ1) is 18.8. The summed E-state index contributed by atoms with van der Waals surface area (Å²) in [6.45, 7) is 2.23. The summed E-state index contributed by atoms with van der Waals surface area (Å²) in [5.41, 5.74) is 1.17. The van der Waals surface area contributed by atoms with Crippen LogP contribution in [0.25, 0.3) is 0 Å². The van der Waals surface area contributed by atoms with Gasteiger partial charge in [-0.3, -0.25) is 4.79 Å². The van der Waals surface area contributed by atoms with Gasteiger partial charge in [-0.25, -0.2) is 9.78 Å². The van der Waals surface area contributed by atoms with Gasteiger partial charge in [0, 0.05) is 12.7 Å². The third-order valence-corrected chi connectivity index (χ3v) is 2.83. The van der Waals surface area contributed by atoms with Crippen molar-refractivity contribution in [3.8, 4) is 0 Å². The van der Waals surface area contributed by atoms with Crippen LogP contribution in [0.5, 0.6) is 0 Å². The minimum atomic E-state index is -1.04. The number of aromatic nitrogens is 2. The van der Waals surface area contributed by atoms with Crippen molar-refractivity contribution < 1.29 is 38.3 Å². The van der Waals surface area contributed by atoms with Gasteiger partial charge in [-0.2, -0.15) is 0 Å². The first-order chi connectivity index (χ1) is 10.6. The summed E-state index contributed by atoms with van der Waals surface area (Å²) in [4.78, 5) is 27.0. The maximum atomic E-state index is 11.9. The number of nitrogens with zero attached hydrogens (tertiary/aromatic N) is 2. The van der Waals surface area contributed by atoms with Gasteiger partial charge in [0.1, 0.15) is 5.69 Å². The number of esters is 1. The molecule has 0 aliphatic rings. The Morgan fingerprint density at radius 3 is 2.65 bits per heavy atom. The van der Waals surface area contributed by atoms with E-state index in [0.29, 0.717) is 12.6 Å². The monoisotopic (exact) mass is 306 g/mol. The normalized spacial score (nSPS) is 10.7. The predicted molar refractivity (Wildman–Crippen MR) is 76.8 cm³/mol. The molecule has 1 heterocycles. The van der Waals surface area contributed by atoms with Gasteiger partial charge in [0.2, 0.25) is 5.78 Å². The fraction of sp³-hybridized carbons (Fsp3) is 0.188. The first-order valence-electron chi connectivity index (χ1n) is 6.76. The molecule has 1 aromatic carbocycles. The van der Waals surface area contributed by atoms with Gasteiger partial charge in [0.05, 0.1) is 12.9 Å². The van der Waals surface area contributed by atoms with E-state index in [4.69, 9.17) is 0 Å². The Hall–Kier alpha value is -2.29. The van der Waals surface area contributed by atoms with Crippen molar-refractivity contribution in [3.05, 3.63) is 65.9 Å². The van der Waals surface area contributed by atoms with Crippen molar-refractivity contribution in [2.75, 3.05) is 6.61 Å². The van der Waals surface area contributed by atoms with Gasteiger partial charge in [-0.1, -0.05) is 30.3 Å². The third-order valence-electron chi connectivity index (χ3n) is 2.83. The van der Waals surface area contributed by atoms with Crippen LogP contribution in [-0.4, -0.2) is 27.9 Å². The van der Waals surface area contributed by atoms with E-state index >= 15 is 0 Å². The van der Waals surface area contributed by atoms with Crippen molar-refractivity contribution in [2.24, 2.45) is 0 Å². The van der Waals surface area contributed by atoms with Crippen LogP contribution in [0.1, 0.15) is 23.0 Å². The van der Waals surface area contributed by atoms with E-state index in [1.807, 2.05) is 30.3 Å². The third kappa shape index (κ3) is 5.44. The van der Waals surface area contributed by atoms with Gasteiger partial charge < -0.3 is 14.4 Å². The average molecular weight is 306 g/mol. The zero-order valence-corrected chi connectivity index (χ0v) is 13.1. The first-order valence-corrected chi connectivity index (χ1v) is 6.76. The van der Waals surface area contributed by atoms with Crippen LogP contribution in [0.15, 0.2) is 54.7 Å². The molecule has 114 valence electrons. The quantitative estimate of drug-likeness (QED) is 0.201. The Balaban J connectivity index is 0.00000264. The number of rotatable bonds is 6. The Kier molecular flexibility index (Phi) is 7.33. The second-order valence-electron chi connectivity index (χ2n) is 4.51. The summed E-state index contributed by atoms with van der Waals surface area (Å²) < 4.78 is 6.25. The smallest absolute Gasteiger partial charge is 0.867 e. The summed E-state index contributed by atoms with van der Waals surface area (Å²) in [5.74, 6) is -2.64. The minimum Gasteiger partial charge on any atom is -0.867 e. The molecule has 1 aromatic heterocycles. The summed E-state index contributed by atoms with van der Waals surface area (Å²) in [5, 5.41) is 11.4. The van der Waals surface area contributed by atoms with E-state index in [9.17, 15) is 14.7 Å². The Morgan fingerprint density at radius 2 is 2.00 bits per heavy atom. The molecule has 0 saturated heterocycles. The molecule has 0 saturated carbocycles. The van der Waals surface area contributed by atoms with Crippen LogP contribution in [0.4, 0.5) is 0 Å². The molecule has 7 heteroatoms. The summed E-state index contributed by atoms with van der Waals surface area (Å²) in [7, 11) is 0. The number of ether oxygens (including phenoxy) is 1. The van der Waals surface area contributed by atoms with Gasteiger partial charge in [-0.15, -0.1) is 0 Å². The van der Waals surface area contributed by atoms with Crippen LogP contribution in [0, 0.1) is 0 Å². The van der Waals surface area contributed by atoms with E-state index < -0.39 is 17.5 Å². The van der Waals surface area contributed by atoms with Gasteiger partial charge in [0.15, 0.2) is 0 Å². The average Bonchev–Trinajstić information content (AvgIpc) is 2.97. The van der Waals surface area contributed by atoms with E-state index in [-0.39, 0.29) is 31.2 Å². The van der Waals surface area contributed by atoms with Gasteiger partial charge in [0.25, 0.3) is 0 Å². The molecule has 23 heavy (non-hydrogen) atoms. The Bertz CT molecular complexity index is 695. The zero-order chi connectivity index (χ0) is 15.9. The van der Waals surface area contributed by atoms with Gasteiger partial charge in [-0.05, 0) is 24.3 Å². The van der Waals surface area contributed by atoms with Crippen molar-refractivity contribution in [2.45, 2.75) is 13.5 Å².